The first-order valence-corrected chi connectivity index (χ1v) is 14.8. The summed E-state index contributed by atoms with van der Waals surface area (Å²) in [6.45, 7) is 9.93. The average Bonchev–Trinajstić information content (AvgIpc) is 2.90. The zero-order valence-electron chi connectivity index (χ0n) is 25.1. The predicted octanol–water partition coefficient (Wildman–Crippen LogP) is 5.78. The normalized spacial score (nSPS) is 18.1. The van der Waals surface area contributed by atoms with Gasteiger partial charge in [0.25, 0.3) is 0 Å². The fraction of sp³-hybridized carbons (Fsp3) is 0.606. The van der Waals surface area contributed by atoms with Crippen molar-refractivity contribution in [3.05, 3.63) is 70.8 Å². The van der Waals surface area contributed by atoms with Gasteiger partial charge in [-0.2, -0.15) is 0 Å². The lowest BCUT2D eigenvalue weighted by atomic mass is 9.74. The summed E-state index contributed by atoms with van der Waals surface area (Å²) in [6, 6.07) is 11.1. The fourth-order valence-electron chi connectivity index (χ4n) is 5.67. The molecule has 0 bridgehead atoms. The Balaban J connectivity index is 1.81. The first-order valence-electron chi connectivity index (χ1n) is 14.8. The number of carboxylic acids is 1. The first kappa shape index (κ1) is 33.1. The Hall–Kier alpha value is -2.39. The Morgan fingerprint density at radius 2 is 1.61 bits per heavy atom. The van der Waals surface area contributed by atoms with E-state index in [-0.39, 0.29) is 36.8 Å². The average molecular weight is 575 g/mol. The van der Waals surface area contributed by atoms with Crippen LogP contribution >= 0.6 is 0 Å². The van der Waals surface area contributed by atoms with Crippen molar-refractivity contribution in [1.82, 2.24) is 10.6 Å². The molecule has 228 valence electrons. The summed E-state index contributed by atoms with van der Waals surface area (Å²) in [5, 5.41) is 38.3. The molecule has 3 rings (SSSR count). The van der Waals surface area contributed by atoms with Gasteiger partial charge in [-0.05, 0) is 80.2 Å². The lowest BCUT2D eigenvalue weighted by Gasteiger charge is -2.41. The molecule has 0 spiro atoms. The molecule has 0 aromatic heterocycles. The van der Waals surface area contributed by atoms with Gasteiger partial charge in [0.2, 0.25) is 0 Å². The summed E-state index contributed by atoms with van der Waals surface area (Å²) >= 11 is 0. The fourth-order valence-corrected chi connectivity index (χ4v) is 5.67. The molecule has 0 amide bonds. The van der Waals surface area contributed by atoms with Crippen molar-refractivity contribution < 1.29 is 28.9 Å². The van der Waals surface area contributed by atoms with Crippen LogP contribution in [0.15, 0.2) is 42.5 Å². The van der Waals surface area contributed by atoms with Crippen LogP contribution in [0.3, 0.4) is 0 Å². The van der Waals surface area contributed by atoms with Gasteiger partial charge in [0, 0.05) is 24.2 Å². The third-order valence-electron chi connectivity index (χ3n) is 8.51. The second kappa shape index (κ2) is 13.7. The summed E-state index contributed by atoms with van der Waals surface area (Å²) in [5.41, 5.74) is 1.42. The van der Waals surface area contributed by atoms with Crippen LogP contribution in [0.5, 0.6) is 0 Å². The van der Waals surface area contributed by atoms with Crippen LogP contribution in [-0.2, 0) is 22.2 Å². The molecule has 1 aliphatic rings. The minimum absolute atomic E-state index is 0.00797. The molecule has 1 saturated carbocycles. The summed E-state index contributed by atoms with van der Waals surface area (Å²) in [4.78, 5) is 11.5. The summed E-state index contributed by atoms with van der Waals surface area (Å²) in [6.07, 6.45) is 3.42. The van der Waals surface area contributed by atoms with Gasteiger partial charge in [-0.1, -0.05) is 64.3 Å². The van der Waals surface area contributed by atoms with Gasteiger partial charge in [0.05, 0.1) is 11.5 Å². The van der Waals surface area contributed by atoms with Crippen LogP contribution in [0, 0.1) is 17.0 Å². The van der Waals surface area contributed by atoms with Crippen molar-refractivity contribution in [2.45, 2.75) is 115 Å². The van der Waals surface area contributed by atoms with E-state index in [2.05, 4.69) is 55.7 Å². The quantitative estimate of drug-likeness (QED) is 0.194. The molecule has 6 nitrogen and oxygen atoms in total. The highest BCUT2D eigenvalue weighted by atomic mass is 19.1. The van der Waals surface area contributed by atoms with Crippen LogP contribution < -0.4 is 10.6 Å². The van der Waals surface area contributed by atoms with E-state index < -0.39 is 41.4 Å². The number of carbonyl (C=O) groups is 1. The maximum atomic E-state index is 14.0. The maximum absolute atomic E-state index is 14.0. The highest BCUT2D eigenvalue weighted by molar-refractivity contribution is 5.73. The highest BCUT2D eigenvalue weighted by Gasteiger charge is 2.36. The van der Waals surface area contributed by atoms with E-state index in [9.17, 15) is 28.9 Å². The molecule has 1 aliphatic carbocycles. The van der Waals surface area contributed by atoms with Gasteiger partial charge in [-0.25, -0.2) is 8.78 Å². The molecule has 3 atom stereocenters. The molecule has 0 heterocycles. The van der Waals surface area contributed by atoms with E-state index in [0.29, 0.717) is 5.56 Å². The van der Waals surface area contributed by atoms with E-state index in [0.717, 1.165) is 38.2 Å². The van der Waals surface area contributed by atoms with Gasteiger partial charge in [0.1, 0.15) is 17.9 Å². The Kier molecular flexibility index (Phi) is 11.1. The number of benzene rings is 2. The van der Waals surface area contributed by atoms with Gasteiger partial charge in [0.15, 0.2) is 0 Å². The van der Waals surface area contributed by atoms with E-state index in [1.807, 2.05) is 0 Å². The van der Waals surface area contributed by atoms with Crippen LogP contribution in [0.25, 0.3) is 0 Å². The standard InChI is InChI=1S/C33H48F2N2O4/c1-31(2,3)23-10-9-11-24(19-23)33(13-7-6-8-14-33)36-21-28(38)27(18-22-16-25(34)20-26(35)17-22)37-29(39)12-15-32(4,5)30(40)41/h9-11,16-17,19-20,27-29,36-39H,6-8,12-15,18,21H2,1-5H3,(H,40,41)/t27-,28+,29?/m0/s1. The van der Waals surface area contributed by atoms with E-state index in [4.69, 9.17) is 0 Å². The number of aliphatic hydroxyl groups excluding tert-OH is 2. The lowest BCUT2D eigenvalue weighted by Crippen LogP contribution is -2.54. The topological polar surface area (TPSA) is 102 Å². The van der Waals surface area contributed by atoms with Crippen molar-refractivity contribution in [3.8, 4) is 0 Å². The smallest absolute Gasteiger partial charge is 0.309 e. The molecule has 5 N–H and O–H groups in total. The highest BCUT2D eigenvalue weighted by Crippen LogP contribution is 2.38. The number of carboxylic acid groups (broad SMARTS) is 1. The second-order valence-electron chi connectivity index (χ2n) is 13.4. The van der Waals surface area contributed by atoms with Crippen LogP contribution in [0.4, 0.5) is 8.78 Å². The number of rotatable bonds is 13. The molecule has 0 aliphatic heterocycles. The summed E-state index contributed by atoms with van der Waals surface area (Å²) in [5.74, 6) is -2.39. The first-order chi connectivity index (χ1) is 19.1. The monoisotopic (exact) mass is 574 g/mol. The molecule has 41 heavy (non-hydrogen) atoms. The van der Waals surface area contributed by atoms with Crippen molar-refractivity contribution in [3.63, 3.8) is 0 Å². The van der Waals surface area contributed by atoms with E-state index >= 15 is 0 Å². The Morgan fingerprint density at radius 3 is 2.20 bits per heavy atom. The van der Waals surface area contributed by atoms with Gasteiger partial charge in [-0.15, -0.1) is 0 Å². The molecule has 2 aromatic rings. The maximum Gasteiger partial charge on any atom is 0.309 e. The molecular formula is C33H48F2N2O4. The predicted molar refractivity (Wildman–Crippen MR) is 158 cm³/mol. The van der Waals surface area contributed by atoms with Crippen molar-refractivity contribution in [2.24, 2.45) is 5.41 Å². The van der Waals surface area contributed by atoms with Crippen molar-refractivity contribution in [1.29, 1.82) is 0 Å². The number of hydrogen-bond acceptors (Lipinski definition) is 5. The SMILES string of the molecule is CC(C)(CCC(O)N[C@@H](Cc1cc(F)cc(F)c1)[C@H](O)CNC1(c2cccc(C(C)(C)C)c2)CCCCC1)C(=O)O. The van der Waals surface area contributed by atoms with Crippen molar-refractivity contribution in [2.75, 3.05) is 6.54 Å². The minimum Gasteiger partial charge on any atom is -0.481 e. The number of aliphatic carboxylic acids is 1. The van der Waals surface area contributed by atoms with E-state index in [1.54, 1.807) is 13.8 Å². The van der Waals surface area contributed by atoms with Crippen LogP contribution in [0.1, 0.15) is 96.3 Å². The molecule has 1 unspecified atom stereocenters. The number of hydrogen-bond donors (Lipinski definition) is 5. The molecule has 0 saturated heterocycles. The number of nitrogens with one attached hydrogen (secondary N) is 2. The van der Waals surface area contributed by atoms with Crippen LogP contribution in [-0.4, -0.2) is 46.2 Å². The molecular weight excluding hydrogens is 526 g/mol. The Bertz CT molecular complexity index is 1140. The summed E-state index contributed by atoms with van der Waals surface area (Å²) < 4.78 is 27.9. The lowest BCUT2D eigenvalue weighted by molar-refractivity contribution is -0.147. The molecule has 2 aromatic carbocycles. The van der Waals surface area contributed by atoms with Gasteiger partial charge < -0.3 is 20.6 Å². The largest absolute Gasteiger partial charge is 0.481 e. The molecule has 8 heteroatoms. The second-order valence-corrected chi connectivity index (χ2v) is 13.4. The van der Waals surface area contributed by atoms with Crippen LogP contribution in [0.2, 0.25) is 0 Å². The number of halogens is 2. The third kappa shape index (κ3) is 9.30. The zero-order valence-corrected chi connectivity index (χ0v) is 25.1. The Labute approximate surface area is 243 Å². The zero-order chi connectivity index (χ0) is 30.4. The Morgan fingerprint density at radius 1 is 0.976 bits per heavy atom. The summed E-state index contributed by atoms with van der Waals surface area (Å²) in [7, 11) is 0. The third-order valence-corrected chi connectivity index (χ3v) is 8.51. The van der Waals surface area contributed by atoms with Crippen molar-refractivity contribution >= 4 is 5.97 Å². The minimum atomic E-state index is -1.11. The van der Waals surface area contributed by atoms with Gasteiger partial charge in [-0.3, -0.25) is 10.1 Å². The molecule has 1 fully saturated rings. The van der Waals surface area contributed by atoms with E-state index in [1.165, 1.54) is 23.3 Å². The molecule has 0 radical (unpaired) electrons. The van der Waals surface area contributed by atoms with Gasteiger partial charge >= 0.3 is 5.97 Å². The number of aliphatic hydroxyl groups is 2.